The summed E-state index contributed by atoms with van der Waals surface area (Å²) in [6, 6.07) is 6.04. The Hall–Kier alpha value is -1.32. The van der Waals surface area contributed by atoms with Crippen molar-refractivity contribution in [3.05, 3.63) is 51.8 Å². The fourth-order valence-electron chi connectivity index (χ4n) is 2.30. The van der Waals surface area contributed by atoms with Crippen LogP contribution in [-0.4, -0.2) is 9.78 Å². The second kappa shape index (κ2) is 5.76. The lowest BCUT2D eigenvalue weighted by atomic mass is 9.98. The number of nitrogens with two attached hydrogens (primary N) is 1. The average molecular weight is 278 g/mol. The summed E-state index contributed by atoms with van der Waals surface area (Å²) in [5.41, 5.74) is 10.7. The summed E-state index contributed by atoms with van der Waals surface area (Å²) < 4.78 is 1.82. The Morgan fingerprint density at radius 2 is 2.16 bits per heavy atom. The number of aryl methyl sites for hydroxylation is 3. The molecule has 1 aromatic carbocycles. The first-order valence-electron chi connectivity index (χ1n) is 6.54. The van der Waals surface area contributed by atoms with Gasteiger partial charge in [-0.25, -0.2) is 0 Å². The van der Waals surface area contributed by atoms with Crippen LogP contribution >= 0.6 is 11.6 Å². The van der Waals surface area contributed by atoms with Crippen molar-refractivity contribution < 1.29 is 0 Å². The van der Waals surface area contributed by atoms with Gasteiger partial charge in [-0.05, 0) is 37.0 Å². The lowest BCUT2D eigenvalue weighted by molar-refractivity contribution is 0.711. The molecule has 0 fully saturated rings. The topological polar surface area (TPSA) is 43.8 Å². The molecule has 0 radical (unpaired) electrons. The first-order chi connectivity index (χ1) is 9.01. The lowest BCUT2D eigenvalue weighted by Crippen LogP contribution is -2.14. The minimum absolute atomic E-state index is 0.0659. The summed E-state index contributed by atoms with van der Waals surface area (Å²) in [6.07, 6.45) is 3.63. The maximum absolute atomic E-state index is 6.31. The van der Waals surface area contributed by atoms with Gasteiger partial charge in [-0.1, -0.05) is 30.7 Å². The van der Waals surface area contributed by atoms with E-state index in [1.54, 1.807) is 0 Å². The smallest absolute Gasteiger partial charge is 0.0669 e. The van der Waals surface area contributed by atoms with Crippen LogP contribution in [-0.2, 0) is 19.9 Å². The van der Waals surface area contributed by atoms with Crippen LogP contribution in [0, 0.1) is 6.92 Å². The molecule has 2 aromatic rings. The minimum Gasteiger partial charge on any atom is -0.324 e. The van der Waals surface area contributed by atoms with Gasteiger partial charge in [0, 0.05) is 29.9 Å². The summed E-state index contributed by atoms with van der Waals surface area (Å²) in [7, 11) is 1.92. The number of hydrogen-bond donors (Lipinski definition) is 1. The van der Waals surface area contributed by atoms with Gasteiger partial charge in [0.05, 0.1) is 5.69 Å². The summed E-state index contributed by atoms with van der Waals surface area (Å²) in [6.45, 7) is 4.13. The van der Waals surface area contributed by atoms with E-state index < -0.39 is 0 Å². The van der Waals surface area contributed by atoms with E-state index in [0.717, 1.165) is 40.2 Å². The maximum Gasteiger partial charge on any atom is 0.0669 e. The maximum atomic E-state index is 6.31. The highest BCUT2D eigenvalue weighted by atomic mass is 35.5. The molecule has 0 spiro atoms. The van der Waals surface area contributed by atoms with Crippen LogP contribution in [0.5, 0.6) is 0 Å². The Morgan fingerprint density at radius 3 is 2.79 bits per heavy atom. The molecule has 1 aromatic heterocycles. The van der Waals surface area contributed by atoms with Gasteiger partial charge in [-0.3, -0.25) is 4.68 Å². The van der Waals surface area contributed by atoms with Crippen molar-refractivity contribution in [3.63, 3.8) is 0 Å². The SMILES string of the molecule is CCc1nn(C)cc1C(N)Cc1ccc(C)cc1Cl. The third kappa shape index (κ3) is 3.17. The molecule has 0 aliphatic carbocycles. The van der Waals surface area contributed by atoms with Crippen molar-refractivity contribution >= 4 is 11.6 Å². The highest BCUT2D eigenvalue weighted by molar-refractivity contribution is 6.31. The summed E-state index contributed by atoms with van der Waals surface area (Å²) in [5.74, 6) is 0. The number of benzene rings is 1. The van der Waals surface area contributed by atoms with E-state index in [2.05, 4.69) is 24.2 Å². The van der Waals surface area contributed by atoms with Crippen LogP contribution < -0.4 is 5.73 Å². The van der Waals surface area contributed by atoms with E-state index in [9.17, 15) is 0 Å². The normalized spacial score (nSPS) is 12.7. The van der Waals surface area contributed by atoms with E-state index in [0.29, 0.717) is 0 Å². The molecule has 2 rings (SSSR count). The Kier molecular flexibility index (Phi) is 4.27. The molecular weight excluding hydrogens is 258 g/mol. The van der Waals surface area contributed by atoms with Crippen molar-refractivity contribution in [2.75, 3.05) is 0 Å². The molecule has 0 amide bonds. The number of aromatic nitrogens is 2. The third-order valence-electron chi connectivity index (χ3n) is 3.32. The summed E-state index contributed by atoms with van der Waals surface area (Å²) in [4.78, 5) is 0. The van der Waals surface area contributed by atoms with Crippen molar-refractivity contribution in [1.29, 1.82) is 0 Å². The minimum atomic E-state index is -0.0659. The Morgan fingerprint density at radius 1 is 1.42 bits per heavy atom. The molecule has 0 aliphatic heterocycles. The average Bonchev–Trinajstić information content (AvgIpc) is 2.74. The monoisotopic (exact) mass is 277 g/mol. The number of hydrogen-bond acceptors (Lipinski definition) is 2. The molecule has 1 heterocycles. The molecule has 0 bridgehead atoms. The highest BCUT2D eigenvalue weighted by Gasteiger charge is 2.15. The van der Waals surface area contributed by atoms with Crippen molar-refractivity contribution in [2.45, 2.75) is 32.7 Å². The van der Waals surface area contributed by atoms with Gasteiger partial charge in [0.2, 0.25) is 0 Å². The van der Waals surface area contributed by atoms with Crippen molar-refractivity contribution in [2.24, 2.45) is 12.8 Å². The first-order valence-corrected chi connectivity index (χ1v) is 6.92. The fraction of sp³-hybridized carbons (Fsp3) is 0.400. The molecule has 1 unspecified atom stereocenters. The van der Waals surface area contributed by atoms with Crippen LogP contribution in [0.15, 0.2) is 24.4 Å². The summed E-state index contributed by atoms with van der Waals surface area (Å²) in [5, 5.41) is 5.22. The van der Waals surface area contributed by atoms with Crippen LogP contribution in [0.3, 0.4) is 0 Å². The third-order valence-corrected chi connectivity index (χ3v) is 3.67. The lowest BCUT2D eigenvalue weighted by Gasteiger charge is -2.13. The number of nitrogens with zero attached hydrogens (tertiary/aromatic N) is 2. The quantitative estimate of drug-likeness (QED) is 0.933. The Labute approximate surface area is 119 Å². The van der Waals surface area contributed by atoms with Gasteiger partial charge < -0.3 is 5.73 Å². The largest absolute Gasteiger partial charge is 0.324 e. The van der Waals surface area contributed by atoms with Gasteiger partial charge in [0.1, 0.15) is 0 Å². The summed E-state index contributed by atoms with van der Waals surface area (Å²) >= 11 is 6.26. The van der Waals surface area contributed by atoms with Crippen LogP contribution in [0.2, 0.25) is 5.02 Å². The van der Waals surface area contributed by atoms with E-state index in [-0.39, 0.29) is 6.04 Å². The van der Waals surface area contributed by atoms with E-state index in [1.807, 2.05) is 30.9 Å². The molecule has 0 saturated heterocycles. The standard InChI is InChI=1S/C15H20ClN3/c1-4-15-12(9-19(3)18-15)14(17)8-11-6-5-10(2)7-13(11)16/h5-7,9,14H,4,8,17H2,1-3H3. The molecule has 2 N–H and O–H groups in total. The fourth-order valence-corrected chi connectivity index (χ4v) is 2.61. The zero-order chi connectivity index (χ0) is 14.0. The van der Waals surface area contributed by atoms with Crippen LogP contribution in [0.1, 0.15) is 35.3 Å². The predicted octanol–water partition coefficient (Wildman–Crippen LogP) is 3.19. The van der Waals surface area contributed by atoms with E-state index in [4.69, 9.17) is 17.3 Å². The van der Waals surface area contributed by atoms with Gasteiger partial charge in [0.25, 0.3) is 0 Å². The number of halogens is 1. The highest BCUT2D eigenvalue weighted by Crippen LogP contribution is 2.24. The first kappa shape index (κ1) is 14.1. The zero-order valence-electron chi connectivity index (χ0n) is 11.7. The van der Waals surface area contributed by atoms with Gasteiger partial charge in [0.15, 0.2) is 0 Å². The predicted molar refractivity (Wildman–Crippen MR) is 79.4 cm³/mol. The van der Waals surface area contributed by atoms with Crippen LogP contribution in [0.25, 0.3) is 0 Å². The van der Waals surface area contributed by atoms with Gasteiger partial charge >= 0.3 is 0 Å². The number of rotatable bonds is 4. The Balaban J connectivity index is 2.22. The molecular formula is C15H20ClN3. The van der Waals surface area contributed by atoms with Crippen molar-refractivity contribution in [1.82, 2.24) is 9.78 Å². The van der Waals surface area contributed by atoms with Crippen molar-refractivity contribution in [3.8, 4) is 0 Å². The van der Waals surface area contributed by atoms with E-state index >= 15 is 0 Å². The Bertz CT molecular complexity index is 575. The second-order valence-corrected chi connectivity index (χ2v) is 5.37. The molecule has 19 heavy (non-hydrogen) atoms. The van der Waals surface area contributed by atoms with E-state index in [1.165, 1.54) is 0 Å². The molecule has 1 atom stereocenters. The van der Waals surface area contributed by atoms with Gasteiger partial charge in [-0.2, -0.15) is 5.10 Å². The molecule has 0 aliphatic rings. The molecule has 4 heteroatoms. The van der Waals surface area contributed by atoms with Crippen LogP contribution in [0.4, 0.5) is 0 Å². The van der Waals surface area contributed by atoms with Gasteiger partial charge in [-0.15, -0.1) is 0 Å². The molecule has 102 valence electrons. The second-order valence-electron chi connectivity index (χ2n) is 4.96. The molecule has 3 nitrogen and oxygen atoms in total. The molecule has 0 saturated carbocycles. The zero-order valence-corrected chi connectivity index (χ0v) is 12.4.